The third kappa shape index (κ3) is 5.58. The molecule has 0 spiro atoms. The number of imide groups is 1. The van der Waals surface area contributed by atoms with E-state index in [9.17, 15) is 24.3 Å². The Bertz CT molecular complexity index is 645. The van der Waals surface area contributed by atoms with Crippen molar-refractivity contribution >= 4 is 23.9 Å². The number of carbonyl (C=O) groups excluding carboxylic acids is 3. The molecule has 0 radical (unpaired) electrons. The van der Waals surface area contributed by atoms with Crippen LogP contribution in [-0.2, 0) is 25.7 Å². The Hall–Kier alpha value is -2.90. The zero-order valence-corrected chi connectivity index (χ0v) is 14.3. The van der Waals surface area contributed by atoms with E-state index in [2.05, 4.69) is 5.32 Å². The molecular weight excluding hydrogens is 340 g/mol. The number of alkyl carbamates (subject to hydrolysis) is 1. The molecule has 0 aromatic heterocycles. The highest BCUT2D eigenvalue weighted by molar-refractivity contribution is 6.04. The molecule has 0 saturated carbocycles. The summed E-state index contributed by atoms with van der Waals surface area (Å²) in [6, 6.07) is 8.14. The molecule has 1 aliphatic rings. The molecule has 140 valence electrons. The summed E-state index contributed by atoms with van der Waals surface area (Å²) in [6.45, 7) is 0.495. The molecule has 2 N–H and O–H groups in total. The summed E-state index contributed by atoms with van der Waals surface area (Å²) in [5, 5.41) is 11.8. The fourth-order valence-electron chi connectivity index (χ4n) is 2.73. The first kappa shape index (κ1) is 19.4. The van der Waals surface area contributed by atoms with Gasteiger partial charge in [0, 0.05) is 19.4 Å². The lowest BCUT2D eigenvalue weighted by molar-refractivity contribution is -0.154. The highest BCUT2D eigenvalue weighted by Crippen LogP contribution is 2.19. The molecule has 1 aromatic carbocycles. The molecular formula is C18H22N2O6. The van der Waals surface area contributed by atoms with Gasteiger partial charge in [-0.25, -0.2) is 9.59 Å². The number of nitrogens with zero attached hydrogens (tertiary/aromatic N) is 1. The van der Waals surface area contributed by atoms with Crippen molar-refractivity contribution in [1.29, 1.82) is 0 Å². The molecule has 1 unspecified atom stereocenters. The lowest BCUT2D eigenvalue weighted by Gasteiger charge is -2.22. The van der Waals surface area contributed by atoms with Crippen LogP contribution in [0.5, 0.6) is 0 Å². The van der Waals surface area contributed by atoms with Crippen LogP contribution >= 0.6 is 0 Å². The summed E-state index contributed by atoms with van der Waals surface area (Å²) in [4.78, 5) is 47.1. The molecule has 1 atom stereocenters. The van der Waals surface area contributed by atoms with Crippen LogP contribution < -0.4 is 5.32 Å². The number of ether oxygens (including phenoxy) is 1. The van der Waals surface area contributed by atoms with Crippen LogP contribution in [-0.4, -0.2) is 46.5 Å². The van der Waals surface area contributed by atoms with Crippen molar-refractivity contribution < 1.29 is 29.0 Å². The van der Waals surface area contributed by atoms with Crippen LogP contribution in [0.15, 0.2) is 30.3 Å². The molecule has 0 aliphatic carbocycles. The summed E-state index contributed by atoms with van der Waals surface area (Å²) in [5.74, 6) is -2.07. The van der Waals surface area contributed by atoms with Crippen LogP contribution in [0.4, 0.5) is 4.79 Å². The average molecular weight is 362 g/mol. The maximum absolute atomic E-state index is 11.7. The third-order valence-corrected chi connectivity index (χ3v) is 4.07. The number of benzene rings is 1. The number of hydrogen-bond donors (Lipinski definition) is 2. The summed E-state index contributed by atoms with van der Waals surface area (Å²) in [5.41, 5.74) is 0.881. The first-order valence-corrected chi connectivity index (χ1v) is 8.51. The molecule has 8 heteroatoms. The van der Waals surface area contributed by atoms with Crippen LogP contribution in [0.3, 0.4) is 0 Å². The Morgan fingerprint density at radius 3 is 2.38 bits per heavy atom. The largest absolute Gasteiger partial charge is 0.480 e. The fourth-order valence-corrected chi connectivity index (χ4v) is 2.73. The Morgan fingerprint density at radius 2 is 1.77 bits per heavy atom. The van der Waals surface area contributed by atoms with Gasteiger partial charge in [0.1, 0.15) is 12.6 Å². The molecule has 1 saturated heterocycles. The number of rotatable bonds is 9. The SMILES string of the molecule is O=C(NCCCCC(C(=O)O)N1C(=O)CCC1=O)OCc1ccccc1. The fraction of sp³-hybridized carbons (Fsp3) is 0.444. The number of aliphatic carboxylic acids is 1. The number of nitrogens with one attached hydrogen (secondary N) is 1. The van der Waals surface area contributed by atoms with Gasteiger partial charge in [0.25, 0.3) is 0 Å². The van der Waals surface area contributed by atoms with Gasteiger partial charge in [-0.1, -0.05) is 30.3 Å². The number of likely N-dealkylation sites (tertiary alicyclic amines) is 1. The number of carbonyl (C=O) groups is 4. The predicted octanol–water partition coefficient (Wildman–Crippen LogP) is 1.69. The van der Waals surface area contributed by atoms with E-state index in [4.69, 9.17) is 4.74 Å². The van der Waals surface area contributed by atoms with Gasteiger partial charge >= 0.3 is 12.1 Å². The van der Waals surface area contributed by atoms with Gasteiger partial charge in [-0.15, -0.1) is 0 Å². The lowest BCUT2D eigenvalue weighted by Crippen LogP contribution is -2.44. The van der Waals surface area contributed by atoms with Crippen molar-refractivity contribution in [3.05, 3.63) is 35.9 Å². The molecule has 1 aliphatic heterocycles. The maximum Gasteiger partial charge on any atom is 0.407 e. The van der Waals surface area contributed by atoms with E-state index < -0.39 is 29.9 Å². The first-order chi connectivity index (χ1) is 12.5. The summed E-state index contributed by atoms with van der Waals surface area (Å²) < 4.78 is 5.06. The van der Waals surface area contributed by atoms with Crippen LogP contribution in [0.2, 0.25) is 0 Å². The van der Waals surface area contributed by atoms with Gasteiger partial charge in [-0.05, 0) is 24.8 Å². The Morgan fingerprint density at radius 1 is 1.12 bits per heavy atom. The number of amides is 3. The minimum absolute atomic E-state index is 0.0669. The molecule has 1 heterocycles. The number of unbranched alkanes of at least 4 members (excludes halogenated alkanes) is 1. The predicted molar refractivity (Wildman–Crippen MR) is 91.0 cm³/mol. The van der Waals surface area contributed by atoms with Crippen molar-refractivity contribution in [1.82, 2.24) is 10.2 Å². The van der Waals surface area contributed by atoms with E-state index >= 15 is 0 Å². The molecule has 1 aromatic rings. The quantitative estimate of drug-likeness (QED) is 0.510. The Balaban J connectivity index is 1.65. The van der Waals surface area contributed by atoms with Crippen molar-refractivity contribution in [2.45, 2.75) is 44.8 Å². The van der Waals surface area contributed by atoms with Crippen molar-refractivity contribution in [2.75, 3.05) is 6.54 Å². The van der Waals surface area contributed by atoms with Crippen LogP contribution in [0.25, 0.3) is 0 Å². The normalized spacial score (nSPS) is 15.0. The van der Waals surface area contributed by atoms with Crippen molar-refractivity contribution in [3.8, 4) is 0 Å². The maximum atomic E-state index is 11.7. The smallest absolute Gasteiger partial charge is 0.407 e. The van der Waals surface area contributed by atoms with Crippen molar-refractivity contribution in [3.63, 3.8) is 0 Å². The second-order valence-corrected chi connectivity index (χ2v) is 6.00. The third-order valence-electron chi connectivity index (χ3n) is 4.07. The van der Waals surface area contributed by atoms with Gasteiger partial charge in [-0.3, -0.25) is 14.5 Å². The van der Waals surface area contributed by atoms with E-state index in [-0.39, 0.29) is 25.9 Å². The summed E-state index contributed by atoms with van der Waals surface area (Å²) in [6.07, 6.45) is 0.712. The zero-order valence-electron chi connectivity index (χ0n) is 14.3. The van der Waals surface area contributed by atoms with E-state index in [1.807, 2.05) is 30.3 Å². The van der Waals surface area contributed by atoms with E-state index in [0.29, 0.717) is 19.4 Å². The molecule has 3 amide bonds. The second kappa shape index (κ2) is 9.55. The van der Waals surface area contributed by atoms with Crippen LogP contribution in [0, 0.1) is 0 Å². The highest BCUT2D eigenvalue weighted by Gasteiger charge is 2.38. The number of carboxylic acid groups (broad SMARTS) is 1. The van der Waals surface area contributed by atoms with Gasteiger partial charge in [-0.2, -0.15) is 0 Å². The van der Waals surface area contributed by atoms with Crippen molar-refractivity contribution in [2.24, 2.45) is 0 Å². The highest BCUT2D eigenvalue weighted by atomic mass is 16.5. The minimum Gasteiger partial charge on any atom is -0.480 e. The number of carboxylic acids is 1. The van der Waals surface area contributed by atoms with E-state index in [1.54, 1.807) is 0 Å². The summed E-state index contributed by atoms with van der Waals surface area (Å²) >= 11 is 0. The van der Waals surface area contributed by atoms with E-state index in [0.717, 1.165) is 10.5 Å². The second-order valence-electron chi connectivity index (χ2n) is 6.00. The molecule has 2 rings (SSSR count). The molecule has 1 fully saturated rings. The van der Waals surface area contributed by atoms with E-state index in [1.165, 1.54) is 0 Å². The Labute approximate surface area is 151 Å². The average Bonchev–Trinajstić information content (AvgIpc) is 2.95. The lowest BCUT2D eigenvalue weighted by atomic mass is 10.1. The summed E-state index contributed by atoms with van der Waals surface area (Å²) in [7, 11) is 0. The standard InChI is InChI=1S/C18H22N2O6/c21-15-9-10-16(22)20(15)14(17(23)24)8-4-5-11-19-18(25)26-12-13-6-2-1-3-7-13/h1-3,6-7,14H,4-5,8-12H2,(H,19,25)(H,23,24). The zero-order chi connectivity index (χ0) is 18.9. The topological polar surface area (TPSA) is 113 Å². The molecule has 8 nitrogen and oxygen atoms in total. The molecule has 26 heavy (non-hydrogen) atoms. The monoisotopic (exact) mass is 362 g/mol. The van der Waals surface area contributed by atoms with Gasteiger partial charge < -0.3 is 15.2 Å². The minimum atomic E-state index is -1.19. The van der Waals surface area contributed by atoms with Gasteiger partial charge in [0.2, 0.25) is 11.8 Å². The number of hydrogen-bond acceptors (Lipinski definition) is 5. The molecule has 0 bridgehead atoms. The first-order valence-electron chi connectivity index (χ1n) is 8.51. The van der Waals surface area contributed by atoms with Gasteiger partial charge in [0.15, 0.2) is 0 Å². The van der Waals surface area contributed by atoms with Crippen LogP contribution in [0.1, 0.15) is 37.7 Å². The van der Waals surface area contributed by atoms with Gasteiger partial charge in [0.05, 0.1) is 0 Å². The Kier molecular flexibility index (Phi) is 7.13.